The van der Waals surface area contributed by atoms with Gasteiger partial charge in [-0.3, -0.25) is 14.5 Å². The first-order valence-electron chi connectivity index (χ1n) is 11.7. The lowest BCUT2D eigenvalue weighted by Crippen LogP contribution is -2.47. The Morgan fingerprint density at radius 1 is 1.17 bits per heavy atom. The molecule has 2 heterocycles. The molecule has 1 fully saturated rings. The van der Waals surface area contributed by atoms with Gasteiger partial charge in [-0.15, -0.1) is 5.10 Å². The summed E-state index contributed by atoms with van der Waals surface area (Å²) in [6, 6.07) is 15.9. The molecule has 35 heavy (non-hydrogen) atoms. The van der Waals surface area contributed by atoms with Gasteiger partial charge >= 0.3 is 0 Å². The number of aromatic nitrogens is 3. The van der Waals surface area contributed by atoms with Crippen LogP contribution in [0, 0.1) is 0 Å². The van der Waals surface area contributed by atoms with Crippen molar-refractivity contribution in [1.29, 1.82) is 0 Å². The van der Waals surface area contributed by atoms with Gasteiger partial charge in [-0.05, 0) is 59.5 Å². The van der Waals surface area contributed by atoms with Gasteiger partial charge in [-0.2, -0.15) is 11.3 Å². The van der Waals surface area contributed by atoms with E-state index in [0.29, 0.717) is 17.0 Å². The fraction of sp³-hybridized carbons (Fsp3) is 0.308. The van der Waals surface area contributed by atoms with E-state index >= 15 is 0 Å². The molecule has 1 aliphatic rings. The summed E-state index contributed by atoms with van der Waals surface area (Å²) in [4.78, 5) is 29.2. The number of methoxy groups -OCH3 is 1. The minimum atomic E-state index is -0.823. The number of benzene rings is 2. The normalized spacial score (nSPS) is 14.7. The third-order valence-corrected chi connectivity index (χ3v) is 7.07. The Bertz CT molecular complexity index is 1310. The summed E-state index contributed by atoms with van der Waals surface area (Å²) >= 11 is 1.50. The summed E-state index contributed by atoms with van der Waals surface area (Å²) in [5, 5.41) is 15.4. The SMILES string of the molecule is COc1cccc(N(C(=O)Cn2nnc3ccccc32)C(C(=O)NC2CCCC2)c2ccsc2)c1. The Morgan fingerprint density at radius 3 is 2.77 bits per heavy atom. The van der Waals surface area contributed by atoms with E-state index in [1.54, 1.807) is 22.8 Å². The van der Waals surface area contributed by atoms with Crippen LogP contribution in [0.1, 0.15) is 37.3 Å². The predicted octanol–water partition coefficient (Wildman–Crippen LogP) is 4.33. The molecule has 0 bridgehead atoms. The third kappa shape index (κ3) is 4.90. The Hall–Kier alpha value is -3.72. The van der Waals surface area contributed by atoms with Crippen molar-refractivity contribution in [3.05, 3.63) is 70.9 Å². The number of hydrogen-bond acceptors (Lipinski definition) is 6. The number of rotatable bonds is 8. The Labute approximate surface area is 207 Å². The van der Waals surface area contributed by atoms with E-state index in [1.807, 2.05) is 59.3 Å². The number of nitrogens with zero attached hydrogens (tertiary/aromatic N) is 4. The first kappa shape index (κ1) is 23.0. The highest BCUT2D eigenvalue weighted by molar-refractivity contribution is 7.08. The smallest absolute Gasteiger partial charge is 0.249 e. The fourth-order valence-electron chi connectivity index (χ4n) is 4.63. The maximum Gasteiger partial charge on any atom is 0.249 e. The van der Waals surface area contributed by atoms with Crippen LogP contribution in [0.3, 0.4) is 0 Å². The zero-order valence-corrected chi connectivity index (χ0v) is 20.3. The lowest BCUT2D eigenvalue weighted by Gasteiger charge is -2.32. The highest BCUT2D eigenvalue weighted by Crippen LogP contribution is 2.32. The Kier molecular flexibility index (Phi) is 6.76. The molecular formula is C26H27N5O3S. The second-order valence-corrected chi connectivity index (χ2v) is 9.43. The second-order valence-electron chi connectivity index (χ2n) is 8.65. The molecule has 180 valence electrons. The molecule has 1 N–H and O–H groups in total. The van der Waals surface area contributed by atoms with E-state index in [2.05, 4.69) is 15.6 Å². The summed E-state index contributed by atoms with van der Waals surface area (Å²) in [6.07, 6.45) is 4.12. The monoisotopic (exact) mass is 489 g/mol. The molecule has 2 aromatic carbocycles. The number of nitrogens with one attached hydrogen (secondary N) is 1. The van der Waals surface area contributed by atoms with Crippen LogP contribution < -0.4 is 15.0 Å². The molecule has 1 unspecified atom stereocenters. The maximum absolute atomic E-state index is 14.0. The molecule has 9 heteroatoms. The fourth-order valence-corrected chi connectivity index (χ4v) is 5.31. The predicted molar refractivity (Wildman–Crippen MR) is 135 cm³/mol. The summed E-state index contributed by atoms with van der Waals surface area (Å²) in [5.74, 6) is 0.147. The van der Waals surface area contributed by atoms with Crippen LogP contribution in [0.4, 0.5) is 5.69 Å². The van der Waals surface area contributed by atoms with Gasteiger partial charge in [0.15, 0.2) is 0 Å². The van der Waals surface area contributed by atoms with Crippen molar-refractivity contribution >= 4 is 39.9 Å². The first-order chi connectivity index (χ1) is 17.1. The highest BCUT2D eigenvalue weighted by Gasteiger charge is 2.35. The minimum Gasteiger partial charge on any atom is -0.497 e. The van der Waals surface area contributed by atoms with Gasteiger partial charge < -0.3 is 10.1 Å². The van der Waals surface area contributed by atoms with Crippen LogP contribution in [-0.2, 0) is 16.1 Å². The molecule has 8 nitrogen and oxygen atoms in total. The van der Waals surface area contributed by atoms with Crippen molar-refractivity contribution in [2.24, 2.45) is 0 Å². The van der Waals surface area contributed by atoms with Crippen molar-refractivity contribution in [2.45, 2.75) is 44.3 Å². The zero-order chi connectivity index (χ0) is 24.2. The number of carbonyl (C=O) groups excluding carboxylic acids is 2. The molecule has 0 saturated heterocycles. The molecule has 4 aromatic rings. The van der Waals surface area contributed by atoms with Gasteiger partial charge in [-0.25, -0.2) is 4.68 Å². The van der Waals surface area contributed by atoms with Crippen LogP contribution >= 0.6 is 11.3 Å². The van der Waals surface area contributed by atoms with Gasteiger partial charge in [0.2, 0.25) is 11.8 Å². The van der Waals surface area contributed by atoms with Crippen LogP contribution in [-0.4, -0.2) is 40.0 Å². The topological polar surface area (TPSA) is 89.3 Å². The third-order valence-electron chi connectivity index (χ3n) is 6.37. The number of thiophene rings is 1. The highest BCUT2D eigenvalue weighted by atomic mass is 32.1. The zero-order valence-electron chi connectivity index (χ0n) is 19.5. The van der Waals surface area contributed by atoms with Crippen molar-refractivity contribution < 1.29 is 14.3 Å². The van der Waals surface area contributed by atoms with E-state index in [-0.39, 0.29) is 24.4 Å². The molecule has 1 aliphatic carbocycles. The molecule has 0 aliphatic heterocycles. The Balaban J connectivity index is 1.55. The molecule has 2 amide bonds. The number of para-hydroxylation sites is 1. The van der Waals surface area contributed by atoms with Crippen molar-refractivity contribution in [3.63, 3.8) is 0 Å². The van der Waals surface area contributed by atoms with Crippen molar-refractivity contribution in [3.8, 4) is 5.75 Å². The summed E-state index contributed by atoms with van der Waals surface area (Å²) < 4.78 is 7.00. The van der Waals surface area contributed by atoms with E-state index in [4.69, 9.17) is 4.74 Å². The molecule has 2 aromatic heterocycles. The summed E-state index contributed by atoms with van der Waals surface area (Å²) in [6.45, 7) is -0.0604. The summed E-state index contributed by atoms with van der Waals surface area (Å²) in [5.41, 5.74) is 2.82. The molecule has 0 spiro atoms. The van der Waals surface area contributed by atoms with Crippen molar-refractivity contribution in [2.75, 3.05) is 12.0 Å². The van der Waals surface area contributed by atoms with Gasteiger partial charge in [0.05, 0.1) is 12.6 Å². The average Bonchev–Trinajstić information content (AvgIpc) is 3.65. The minimum absolute atomic E-state index is 0.0604. The molecule has 0 radical (unpaired) electrons. The number of carbonyl (C=O) groups is 2. The van der Waals surface area contributed by atoms with Gasteiger partial charge in [-0.1, -0.05) is 36.3 Å². The molecule has 5 rings (SSSR count). The first-order valence-corrected chi connectivity index (χ1v) is 12.6. The largest absolute Gasteiger partial charge is 0.497 e. The van der Waals surface area contributed by atoms with E-state index in [9.17, 15) is 9.59 Å². The lowest BCUT2D eigenvalue weighted by atomic mass is 10.1. The molecular weight excluding hydrogens is 462 g/mol. The quantitative estimate of drug-likeness (QED) is 0.398. The number of hydrogen-bond donors (Lipinski definition) is 1. The van der Waals surface area contributed by atoms with Crippen molar-refractivity contribution in [1.82, 2.24) is 20.3 Å². The molecule has 1 atom stereocenters. The van der Waals surface area contributed by atoms with Gasteiger partial charge in [0.1, 0.15) is 23.9 Å². The average molecular weight is 490 g/mol. The number of amides is 2. The standard InChI is InChI=1S/C26H27N5O3S/c1-34-21-10-6-9-20(15-21)31(24(32)16-30-23-12-5-4-11-22(23)28-29-30)25(18-13-14-35-17-18)26(33)27-19-7-2-3-8-19/h4-6,9-15,17,19,25H,2-3,7-8,16H2,1H3,(H,27,33). The molecule has 1 saturated carbocycles. The number of anilines is 1. The second kappa shape index (κ2) is 10.3. The lowest BCUT2D eigenvalue weighted by molar-refractivity contribution is -0.127. The Morgan fingerprint density at radius 2 is 2.00 bits per heavy atom. The van der Waals surface area contributed by atoms with Gasteiger partial charge in [0, 0.05) is 17.8 Å². The van der Waals surface area contributed by atoms with Crippen LogP contribution in [0.5, 0.6) is 5.75 Å². The van der Waals surface area contributed by atoms with E-state index < -0.39 is 6.04 Å². The van der Waals surface area contributed by atoms with Gasteiger partial charge in [0.25, 0.3) is 0 Å². The number of ether oxygens (including phenoxy) is 1. The number of fused-ring (bicyclic) bond motifs is 1. The van der Waals surface area contributed by atoms with E-state index in [0.717, 1.165) is 36.8 Å². The van der Waals surface area contributed by atoms with Crippen LogP contribution in [0.15, 0.2) is 65.4 Å². The van der Waals surface area contributed by atoms with E-state index in [1.165, 1.54) is 11.3 Å². The van der Waals surface area contributed by atoms with Crippen LogP contribution in [0.25, 0.3) is 11.0 Å². The van der Waals surface area contributed by atoms with Crippen LogP contribution in [0.2, 0.25) is 0 Å². The maximum atomic E-state index is 14.0. The summed E-state index contributed by atoms with van der Waals surface area (Å²) in [7, 11) is 1.58.